The number of nitrogens with zero attached hydrogens (tertiary/aromatic N) is 3. The second-order valence-corrected chi connectivity index (χ2v) is 11.9. The van der Waals surface area contributed by atoms with Crippen molar-refractivity contribution in [2.45, 2.75) is 90.0 Å². The maximum Gasteiger partial charge on any atom is 0.494 e. The molecule has 3 aliphatic rings. The van der Waals surface area contributed by atoms with Crippen LogP contribution in [-0.4, -0.2) is 53.7 Å². The van der Waals surface area contributed by atoms with E-state index in [1.807, 2.05) is 75.1 Å². The summed E-state index contributed by atoms with van der Waals surface area (Å²) < 4.78 is 18.0. The molecule has 2 aromatic rings. The normalized spacial score (nSPS) is 21.3. The number of nitriles is 1. The van der Waals surface area contributed by atoms with Gasteiger partial charge in [0.2, 0.25) is 0 Å². The van der Waals surface area contributed by atoms with E-state index in [9.17, 15) is 10.1 Å². The van der Waals surface area contributed by atoms with Crippen molar-refractivity contribution < 1.29 is 18.8 Å². The number of hydrogen-bond acceptors (Lipinski definition) is 6. The number of carbonyl (C=O) groups is 1. The molecular weight excluding hydrogens is 489 g/mol. The first-order valence-electron chi connectivity index (χ1n) is 14.1. The lowest BCUT2D eigenvalue weighted by atomic mass is 9.77. The van der Waals surface area contributed by atoms with E-state index in [0.29, 0.717) is 38.2 Å². The molecule has 5 rings (SSSR count). The maximum absolute atomic E-state index is 13.6. The minimum atomic E-state index is -0.656. The molecule has 1 amide bonds. The molecule has 2 aromatic carbocycles. The van der Waals surface area contributed by atoms with Gasteiger partial charge in [-0.25, -0.2) is 0 Å². The predicted molar refractivity (Wildman–Crippen MR) is 153 cm³/mol. The van der Waals surface area contributed by atoms with E-state index in [1.165, 1.54) is 0 Å². The summed E-state index contributed by atoms with van der Waals surface area (Å²) in [5, 5.41) is 9.82. The van der Waals surface area contributed by atoms with Gasteiger partial charge in [0.05, 0.1) is 29.4 Å². The summed E-state index contributed by atoms with van der Waals surface area (Å²) in [6.07, 6.45) is 4.16. The highest BCUT2D eigenvalue weighted by molar-refractivity contribution is 6.62. The number of aliphatic imine (C=N–C) groups is 1. The summed E-state index contributed by atoms with van der Waals surface area (Å²) >= 11 is 0. The van der Waals surface area contributed by atoms with Gasteiger partial charge in [0.25, 0.3) is 5.91 Å². The molecule has 0 unspecified atom stereocenters. The van der Waals surface area contributed by atoms with E-state index >= 15 is 0 Å². The minimum Gasteiger partial charge on any atom is -0.399 e. The fourth-order valence-electron chi connectivity index (χ4n) is 5.44. The van der Waals surface area contributed by atoms with Crippen LogP contribution in [0.3, 0.4) is 0 Å². The van der Waals surface area contributed by atoms with Gasteiger partial charge in [-0.15, -0.1) is 0 Å². The molecule has 0 aliphatic carbocycles. The Morgan fingerprint density at radius 1 is 1.03 bits per heavy atom. The maximum atomic E-state index is 13.6. The summed E-state index contributed by atoms with van der Waals surface area (Å²) in [4.78, 5) is 20.5. The number of hydrogen-bond donors (Lipinski definition) is 0. The van der Waals surface area contributed by atoms with Gasteiger partial charge in [0.1, 0.15) is 11.4 Å². The smallest absolute Gasteiger partial charge is 0.399 e. The Morgan fingerprint density at radius 3 is 2.31 bits per heavy atom. The van der Waals surface area contributed by atoms with Crippen LogP contribution in [0.25, 0.3) is 11.1 Å². The van der Waals surface area contributed by atoms with E-state index in [4.69, 9.17) is 19.0 Å². The topological polar surface area (TPSA) is 84.2 Å². The second kappa shape index (κ2) is 10.5. The molecule has 8 heteroatoms. The van der Waals surface area contributed by atoms with Gasteiger partial charge < -0.3 is 14.0 Å². The molecule has 0 N–H and O–H groups in total. The lowest BCUT2D eigenvalue weighted by Crippen LogP contribution is -2.45. The Labute approximate surface area is 232 Å². The van der Waals surface area contributed by atoms with Gasteiger partial charge in [-0.3, -0.25) is 14.7 Å². The number of benzene rings is 2. The minimum absolute atomic E-state index is 0.0999. The molecule has 2 fully saturated rings. The lowest BCUT2D eigenvalue weighted by Gasteiger charge is -2.32. The monoisotopic (exact) mass is 527 g/mol. The molecule has 204 valence electrons. The number of amides is 1. The quantitative estimate of drug-likeness (QED) is 0.473. The highest BCUT2D eigenvalue weighted by Gasteiger charge is 2.52. The van der Waals surface area contributed by atoms with E-state index in [2.05, 4.69) is 13.0 Å². The summed E-state index contributed by atoms with van der Waals surface area (Å²) in [5.74, 6) is 0.998. The third-order valence-electron chi connectivity index (χ3n) is 8.67. The van der Waals surface area contributed by atoms with Crippen LogP contribution in [0.4, 0.5) is 0 Å². The lowest BCUT2D eigenvalue weighted by molar-refractivity contribution is -0.134. The molecule has 7 nitrogen and oxygen atoms in total. The van der Waals surface area contributed by atoms with Crippen molar-refractivity contribution >= 4 is 24.3 Å². The molecule has 0 aromatic heterocycles. The molecule has 3 aliphatic heterocycles. The Hall–Kier alpha value is -2.99. The molecule has 1 spiro atoms. The Bertz CT molecular complexity index is 1290. The molecule has 3 heterocycles. The first-order valence-corrected chi connectivity index (χ1v) is 14.1. The largest absolute Gasteiger partial charge is 0.494 e. The standard InChI is InChI=1S/C31H38BN3O4/c1-6-7-8-27-34-31(15-17-37-18-16-31)28(36)35(27)21-22-9-11-23(12-10-22)26-19-25(14-13-24(26)20-33)32-38-29(2,3)30(4,5)39-32/h9-14,19H,6-8,15-18,21H2,1-5H3. The third-order valence-corrected chi connectivity index (χ3v) is 8.67. The highest BCUT2D eigenvalue weighted by atomic mass is 16.7. The zero-order chi connectivity index (χ0) is 27.8. The molecule has 0 saturated carbocycles. The predicted octanol–water partition coefficient (Wildman–Crippen LogP) is 5.00. The van der Waals surface area contributed by atoms with Crippen molar-refractivity contribution in [3.63, 3.8) is 0 Å². The first-order chi connectivity index (χ1) is 18.6. The SMILES string of the molecule is CCCCC1=NC2(CCOCC2)C(=O)N1Cc1ccc(-c2cc(B3OC(C)(C)C(C)(C)O3)ccc2C#N)cc1. The van der Waals surface area contributed by atoms with Crippen LogP contribution in [0, 0.1) is 11.3 Å². The molecule has 0 bridgehead atoms. The molecule has 2 saturated heterocycles. The van der Waals surface area contributed by atoms with Crippen LogP contribution in [0.1, 0.15) is 77.8 Å². The summed E-state index contributed by atoms with van der Waals surface area (Å²) in [6, 6.07) is 16.2. The van der Waals surface area contributed by atoms with Gasteiger partial charge in [0.15, 0.2) is 0 Å². The molecular formula is C31H38BN3O4. The van der Waals surface area contributed by atoms with Crippen LogP contribution in [0.2, 0.25) is 0 Å². The van der Waals surface area contributed by atoms with Crippen molar-refractivity contribution in [3.05, 3.63) is 53.6 Å². The van der Waals surface area contributed by atoms with Gasteiger partial charge in [-0.05, 0) is 62.3 Å². The van der Waals surface area contributed by atoms with Crippen molar-refractivity contribution in [1.29, 1.82) is 5.26 Å². The van der Waals surface area contributed by atoms with E-state index in [1.54, 1.807) is 0 Å². The van der Waals surface area contributed by atoms with Crippen LogP contribution < -0.4 is 5.46 Å². The Kier molecular flexibility index (Phi) is 7.45. The number of rotatable bonds is 7. The zero-order valence-corrected chi connectivity index (χ0v) is 23.8. The van der Waals surface area contributed by atoms with Gasteiger partial charge >= 0.3 is 7.12 Å². The van der Waals surface area contributed by atoms with Gasteiger partial charge in [0, 0.05) is 32.5 Å². The Balaban J connectivity index is 1.38. The molecule has 0 atom stereocenters. The van der Waals surface area contributed by atoms with Crippen molar-refractivity contribution in [3.8, 4) is 17.2 Å². The van der Waals surface area contributed by atoms with Crippen molar-refractivity contribution in [1.82, 2.24) is 4.90 Å². The summed E-state index contributed by atoms with van der Waals surface area (Å²) in [7, 11) is -0.500. The van der Waals surface area contributed by atoms with E-state index in [-0.39, 0.29) is 5.91 Å². The number of carbonyl (C=O) groups excluding carboxylic acids is 1. The van der Waals surface area contributed by atoms with Crippen molar-refractivity contribution in [2.75, 3.05) is 13.2 Å². The fraction of sp³-hybridized carbons (Fsp3) is 0.516. The van der Waals surface area contributed by atoms with E-state index in [0.717, 1.165) is 47.3 Å². The number of ether oxygens (including phenoxy) is 1. The number of amidine groups is 1. The zero-order valence-electron chi connectivity index (χ0n) is 23.8. The Morgan fingerprint density at radius 2 is 1.69 bits per heavy atom. The molecule has 39 heavy (non-hydrogen) atoms. The first kappa shape index (κ1) is 27.6. The van der Waals surface area contributed by atoms with Gasteiger partial charge in [-0.2, -0.15) is 5.26 Å². The van der Waals surface area contributed by atoms with Crippen molar-refractivity contribution in [2.24, 2.45) is 4.99 Å². The van der Waals surface area contributed by atoms with Crippen LogP contribution in [0.15, 0.2) is 47.5 Å². The summed E-state index contributed by atoms with van der Waals surface area (Å²) in [5.41, 5.74) is 2.73. The van der Waals surface area contributed by atoms with Crippen LogP contribution >= 0.6 is 0 Å². The fourth-order valence-corrected chi connectivity index (χ4v) is 5.44. The van der Waals surface area contributed by atoms with Gasteiger partial charge in [-0.1, -0.05) is 49.7 Å². The van der Waals surface area contributed by atoms with E-state index < -0.39 is 23.9 Å². The average molecular weight is 527 g/mol. The van der Waals surface area contributed by atoms with Crippen LogP contribution in [-0.2, 0) is 25.4 Å². The van der Waals surface area contributed by atoms with Crippen LogP contribution in [0.5, 0.6) is 0 Å². The molecule has 0 radical (unpaired) electrons. The highest BCUT2D eigenvalue weighted by Crippen LogP contribution is 2.37. The average Bonchev–Trinajstić information content (AvgIpc) is 3.30. The third kappa shape index (κ3) is 5.16. The second-order valence-electron chi connectivity index (χ2n) is 11.9. The number of unbranched alkanes of at least 4 members (excludes halogenated alkanes) is 1. The summed E-state index contributed by atoms with van der Waals surface area (Å²) in [6.45, 7) is 11.9.